The summed E-state index contributed by atoms with van der Waals surface area (Å²) in [4.78, 5) is 15.4. The average molecular weight is 589 g/mol. The zero-order chi connectivity index (χ0) is 30.2. The fraction of sp³-hybridized carbons (Fsp3) is 0. The molecule has 0 aliphatic heterocycles. The van der Waals surface area contributed by atoms with E-state index in [1.165, 1.54) is 21.5 Å². The van der Waals surface area contributed by atoms with E-state index < -0.39 is 0 Å². The number of hydrogen-bond acceptors (Lipinski definition) is 4. The van der Waals surface area contributed by atoms with Crippen LogP contribution >= 0.6 is 0 Å². The Bertz CT molecular complexity index is 2810. The fourth-order valence-corrected chi connectivity index (χ4v) is 7.00. The van der Waals surface area contributed by atoms with Gasteiger partial charge in [-0.1, -0.05) is 121 Å². The molecule has 0 bridgehead atoms. The molecule has 5 nitrogen and oxygen atoms in total. The molecule has 0 spiro atoms. The Balaban J connectivity index is 1.30. The number of fused-ring (bicyclic) bond motifs is 10. The Morgan fingerprint density at radius 1 is 0.435 bits per heavy atom. The van der Waals surface area contributed by atoms with Crippen LogP contribution in [-0.4, -0.2) is 19.5 Å². The first kappa shape index (κ1) is 25.0. The lowest BCUT2D eigenvalue weighted by Crippen LogP contribution is -2.06. The second-order valence-electron chi connectivity index (χ2n) is 11.6. The predicted octanol–water partition coefficient (Wildman–Crippen LogP) is 10.5. The largest absolute Gasteiger partial charge is 0.455 e. The third kappa shape index (κ3) is 3.60. The minimum atomic E-state index is 0.559. The number of benzene rings is 7. The van der Waals surface area contributed by atoms with E-state index in [1.807, 2.05) is 36.4 Å². The highest BCUT2D eigenvalue weighted by Crippen LogP contribution is 2.40. The third-order valence-corrected chi connectivity index (χ3v) is 9.05. The molecule has 5 heteroatoms. The fourth-order valence-electron chi connectivity index (χ4n) is 7.00. The van der Waals surface area contributed by atoms with E-state index in [1.54, 1.807) is 0 Å². The first-order valence-corrected chi connectivity index (χ1v) is 15.4. The van der Waals surface area contributed by atoms with Gasteiger partial charge in [-0.3, -0.25) is 4.57 Å². The van der Waals surface area contributed by atoms with Crippen molar-refractivity contribution in [3.05, 3.63) is 146 Å². The molecule has 0 radical (unpaired) electrons. The van der Waals surface area contributed by atoms with Crippen molar-refractivity contribution >= 4 is 65.3 Å². The third-order valence-electron chi connectivity index (χ3n) is 9.05. The van der Waals surface area contributed by atoms with Gasteiger partial charge in [0.25, 0.3) is 0 Å². The highest BCUT2D eigenvalue weighted by molar-refractivity contribution is 6.22. The summed E-state index contributed by atoms with van der Waals surface area (Å²) in [6, 6.07) is 50.3. The Morgan fingerprint density at radius 3 is 1.91 bits per heavy atom. The Kier molecular flexibility index (Phi) is 5.22. The molecular weight excluding hydrogens is 564 g/mol. The molecule has 0 unspecified atom stereocenters. The molecule has 7 aromatic carbocycles. The zero-order valence-electron chi connectivity index (χ0n) is 24.6. The van der Waals surface area contributed by atoms with E-state index in [0.717, 1.165) is 54.9 Å². The number of hydrogen-bond donors (Lipinski definition) is 0. The molecule has 0 amide bonds. The Labute approximate surface area is 263 Å². The van der Waals surface area contributed by atoms with Gasteiger partial charge in [0.15, 0.2) is 11.6 Å². The first-order valence-electron chi connectivity index (χ1n) is 15.4. The highest BCUT2D eigenvalue weighted by atomic mass is 16.3. The van der Waals surface area contributed by atoms with Gasteiger partial charge < -0.3 is 4.42 Å². The quantitative estimate of drug-likeness (QED) is 0.206. The van der Waals surface area contributed by atoms with Gasteiger partial charge in [0, 0.05) is 27.1 Å². The molecule has 0 saturated heterocycles. The van der Waals surface area contributed by atoms with Crippen LogP contribution in [0.25, 0.3) is 94.0 Å². The molecule has 0 N–H and O–H groups in total. The molecule has 10 aromatic rings. The maximum absolute atomic E-state index is 6.60. The van der Waals surface area contributed by atoms with Crippen molar-refractivity contribution in [3.63, 3.8) is 0 Å². The molecule has 46 heavy (non-hydrogen) atoms. The number of para-hydroxylation sites is 2. The van der Waals surface area contributed by atoms with E-state index in [-0.39, 0.29) is 0 Å². The van der Waals surface area contributed by atoms with E-state index in [2.05, 4.69) is 114 Å². The van der Waals surface area contributed by atoms with Crippen LogP contribution in [0.1, 0.15) is 0 Å². The summed E-state index contributed by atoms with van der Waals surface area (Å²) in [5.41, 5.74) is 5.43. The van der Waals surface area contributed by atoms with Gasteiger partial charge in [-0.25, -0.2) is 4.98 Å². The van der Waals surface area contributed by atoms with Crippen LogP contribution in [0.4, 0.5) is 0 Å². The number of rotatable bonds is 3. The van der Waals surface area contributed by atoms with E-state index >= 15 is 0 Å². The molecule has 0 aliphatic carbocycles. The number of nitrogens with zero attached hydrogens (tertiary/aromatic N) is 4. The molecule has 0 atom stereocenters. The molecular formula is C41H24N4O. The van der Waals surface area contributed by atoms with Crippen LogP contribution in [0.5, 0.6) is 0 Å². The minimum absolute atomic E-state index is 0.559. The van der Waals surface area contributed by atoms with Gasteiger partial charge in [-0.05, 0) is 45.8 Å². The summed E-state index contributed by atoms with van der Waals surface area (Å²) in [7, 11) is 0. The van der Waals surface area contributed by atoms with Gasteiger partial charge in [0.05, 0.1) is 16.6 Å². The van der Waals surface area contributed by atoms with E-state index in [4.69, 9.17) is 19.4 Å². The lowest BCUT2D eigenvalue weighted by molar-refractivity contribution is 0.669. The monoisotopic (exact) mass is 588 g/mol. The molecule has 3 heterocycles. The molecule has 0 aliphatic rings. The van der Waals surface area contributed by atoms with Crippen LogP contribution in [0.15, 0.2) is 150 Å². The molecule has 0 fully saturated rings. The van der Waals surface area contributed by atoms with Crippen molar-refractivity contribution in [2.45, 2.75) is 0 Å². The molecule has 214 valence electrons. The van der Waals surface area contributed by atoms with E-state index in [9.17, 15) is 0 Å². The first-order chi connectivity index (χ1) is 22.8. The van der Waals surface area contributed by atoms with Gasteiger partial charge in [-0.15, -0.1) is 0 Å². The van der Waals surface area contributed by atoms with Crippen LogP contribution in [0.3, 0.4) is 0 Å². The SMILES string of the molecule is c1ccc(-c2nc(-c3cccc4c3oc3ccc5ccccc5c34)nc(-n3c4ccccc4c4c5ccccc5ccc43)n2)cc1. The molecule has 3 aromatic heterocycles. The highest BCUT2D eigenvalue weighted by Gasteiger charge is 2.21. The van der Waals surface area contributed by atoms with Gasteiger partial charge in [0.2, 0.25) is 5.95 Å². The Hall–Kier alpha value is -6.33. The summed E-state index contributed by atoms with van der Waals surface area (Å²) >= 11 is 0. The summed E-state index contributed by atoms with van der Waals surface area (Å²) in [6.45, 7) is 0. The van der Waals surface area contributed by atoms with Crippen LogP contribution < -0.4 is 0 Å². The molecule has 10 rings (SSSR count). The zero-order valence-corrected chi connectivity index (χ0v) is 24.6. The lowest BCUT2D eigenvalue weighted by atomic mass is 10.0. The normalized spacial score (nSPS) is 11.9. The van der Waals surface area contributed by atoms with Crippen molar-refractivity contribution in [1.29, 1.82) is 0 Å². The second-order valence-corrected chi connectivity index (χ2v) is 11.6. The van der Waals surface area contributed by atoms with Gasteiger partial charge >= 0.3 is 0 Å². The average Bonchev–Trinajstić information content (AvgIpc) is 3.68. The smallest absolute Gasteiger partial charge is 0.238 e. The maximum Gasteiger partial charge on any atom is 0.238 e. The van der Waals surface area contributed by atoms with Crippen molar-refractivity contribution in [2.24, 2.45) is 0 Å². The predicted molar refractivity (Wildman–Crippen MR) is 187 cm³/mol. The summed E-state index contributed by atoms with van der Waals surface area (Å²) in [5, 5.41) is 9.21. The topological polar surface area (TPSA) is 56.7 Å². The van der Waals surface area contributed by atoms with Crippen molar-refractivity contribution < 1.29 is 4.42 Å². The van der Waals surface area contributed by atoms with Crippen LogP contribution in [-0.2, 0) is 0 Å². The summed E-state index contributed by atoms with van der Waals surface area (Å²) in [5.74, 6) is 1.72. The maximum atomic E-state index is 6.60. The van der Waals surface area contributed by atoms with Gasteiger partial charge in [-0.2, -0.15) is 9.97 Å². The summed E-state index contributed by atoms with van der Waals surface area (Å²) < 4.78 is 8.77. The lowest BCUT2D eigenvalue weighted by Gasteiger charge is -2.11. The van der Waals surface area contributed by atoms with Crippen molar-refractivity contribution in [1.82, 2.24) is 19.5 Å². The summed E-state index contributed by atoms with van der Waals surface area (Å²) in [6.07, 6.45) is 0. The molecule has 0 saturated carbocycles. The van der Waals surface area contributed by atoms with Crippen LogP contribution in [0.2, 0.25) is 0 Å². The standard InChI is InChI=1S/C41H24N4O/c1-2-13-27(14-3-1)39-42-40(32-19-10-18-31-37-29-16-7-5-12-26(29)22-24-35(37)46-38(31)32)44-41(43-39)45-33-20-9-8-17-30(33)36-28-15-6-4-11-25(28)21-23-34(36)45/h1-24H. The van der Waals surface area contributed by atoms with Gasteiger partial charge in [0.1, 0.15) is 11.2 Å². The van der Waals surface area contributed by atoms with Crippen molar-refractivity contribution in [2.75, 3.05) is 0 Å². The second kappa shape index (κ2) is 9.58. The minimum Gasteiger partial charge on any atom is -0.455 e. The number of furan rings is 1. The Morgan fingerprint density at radius 2 is 1.09 bits per heavy atom. The van der Waals surface area contributed by atoms with Crippen LogP contribution in [0, 0.1) is 0 Å². The number of aromatic nitrogens is 4. The van der Waals surface area contributed by atoms with E-state index in [0.29, 0.717) is 17.6 Å². The van der Waals surface area contributed by atoms with Crippen molar-refractivity contribution in [3.8, 4) is 28.7 Å².